The van der Waals surface area contributed by atoms with Crippen LogP contribution < -0.4 is 5.32 Å². The Labute approximate surface area is 109 Å². The number of pyridine rings is 1. The van der Waals surface area contributed by atoms with E-state index in [9.17, 15) is 18.0 Å². The molecule has 0 saturated heterocycles. The van der Waals surface area contributed by atoms with Crippen LogP contribution in [0.5, 0.6) is 0 Å². The molecule has 1 rings (SSSR count). The number of alkyl halides is 2. The normalized spacial score (nSPS) is 10.6. The molecule has 0 aliphatic rings. The lowest BCUT2D eigenvalue weighted by Gasteiger charge is -2.18. The number of amides is 1. The van der Waals surface area contributed by atoms with E-state index < -0.39 is 24.7 Å². The van der Waals surface area contributed by atoms with Gasteiger partial charge in [0.25, 0.3) is 12.3 Å². The van der Waals surface area contributed by atoms with Crippen LogP contribution >= 0.6 is 0 Å². The lowest BCUT2D eigenvalue weighted by atomic mass is 10.2. The van der Waals surface area contributed by atoms with E-state index in [1.54, 1.807) is 0 Å². The zero-order valence-corrected chi connectivity index (χ0v) is 10.8. The third-order valence-corrected chi connectivity index (χ3v) is 2.39. The Balaban J connectivity index is 2.95. The van der Waals surface area contributed by atoms with E-state index in [0.717, 1.165) is 23.6 Å². The van der Waals surface area contributed by atoms with E-state index >= 15 is 0 Å². The van der Waals surface area contributed by atoms with Gasteiger partial charge in [0, 0.05) is 13.6 Å². The Bertz CT molecular complexity index is 440. The van der Waals surface area contributed by atoms with E-state index in [1.165, 1.54) is 7.05 Å². The highest BCUT2D eigenvalue weighted by molar-refractivity contribution is 5.98. The van der Waals surface area contributed by atoms with Gasteiger partial charge in [-0.25, -0.2) is 18.2 Å². The van der Waals surface area contributed by atoms with E-state index in [1.807, 2.05) is 6.92 Å². The Morgan fingerprint density at radius 3 is 2.79 bits per heavy atom. The minimum atomic E-state index is -2.64. The minimum Gasteiger partial charge on any atom is -0.369 e. The van der Waals surface area contributed by atoms with Crippen molar-refractivity contribution >= 4 is 11.7 Å². The summed E-state index contributed by atoms with van der Waals surface area (Å²) >= 11 is 0. The van der Waals surface area contributed by atoms with E-state index in [2.05, 4.69) is 10.3 Å². The number of aromatic nitrogens is 1. The van der Waals surface area contributed by atoms with Crippen LogP contribution in [0.15, 0.2) is 12.3 Å². The zero-order chi connectivity index (χ0) is 14.4. The summed E-state index contributed by atoms with van der Waals surface area (Å²) in [7, 11) is 1.24. The smallest absolute Gasteiger partial charge is 0.257 e. The number of anilines is 1. The fourth-order valence-corrected chi connectivity index (χ4v) is 1.48. The molecule has 0 atom stereocenters. The number of rotatable bonds is 6. The quantitative estimate of drug-likeness (QED) is 0.867. The molecule has 1 aromatic heterocycles. The second kappa shape index (κ2) is 6.96. The van der Waals surface area contributed by atoms with Gasteiger partial charge in [-0.15, -0.1) is 0 Å². The van der Waals surface area contributed by atoms with Crippen LogP contribution in [-0.4, -0.2) is 42.4 Å². The molecule has 1 aromatic rings. The fraction of sp³-hybridized carbons (Fsp3) is 0.500. The first-order chi connectivity index (χ1) is 8.95. The Hall–Kier alpha value is -1.79. The second-order valence-electron chi connectivity index (χ2n) is 4.05. The van der Waals surface area contributed by atoms with E-state index in [4.69, 9.17) is 0 Å². The molecule has 0 saturated carbocycles. The van der Waals surface area contributed by atoms with Crippen molar-refractivity contribution in [1.29, 1.82) is 0 Å². The lowest BCUT2D eigenvalue weighted by molar-refractivity contribution is 0.0620. The molecule has 1 N–H and O–H groups in total. The SMILES string of the molecule is CCCNc1ncc(F)cc1C(=O)N(C)CC(F)F. The molecule has 106 valence electrons. The molecule has 7 heteroatoms. The van der Waals surface area contributed by atoms with Crippen molar-refractivity contribution in [1.82, 2.24) is 9.88 Å². The van der Waals surface area contributed by atoms with Crippen molar-refractivity contribution < 1.29 is 18.0 Å². The number of halogens is 3. The number of carbonyl (C=O) groups excluding carboxylic acids is 1. The van der Waals surface area contributed by atoms with E-state index in [-0.39, 0.29) is 11.4 Å². The summed E-state index contributed by atoms with van der Waals surface area (Å²) in [4.78, 5) is 16.6. The van der Waals surface area contributed by atoms with Crippen molar-refractivity contribution in [2.24, 2.45) is 0 Å². The minimum absolute atomic E-state index is 0.0448. The van der Waals surface area contributed by atoms with Gasteiger partial charge in [-0.1, -0.05) is 6.92 Å². The van der Waals surface area contributed by atoms with E-state index in [0.29, 0.717) is 6.54 Å². The molecule has 0 aliphatic carbocycles. The maximum absolute atomic E-state index is 13.1. The van der Waals surface area contributed by atoms with Crippen molar-refractivity contribution in [3.05, 3.63) is 23.6 Å². The molecule has 4 nitrogen and oxygen atoms in total. The number of hydrogen-bond acceptors (Lipinski definition) is 3. The third-order valence-electron chi connectivity index (χ3n) is 2.39. The molecule has 1 amide bonds. The monoisotopic (exact) mass is 275 g/mol. The van der Waals surface area contributed by atoms with Gasteiger partial charge in [0.2, 0.25) is 0 Å². The molecule has 1 heterocycles. The summed E-state index contributed by atoms with van der Waals surface area (Å²) in [6, 6.07) is 0.995. The first kappa shape index (κ1) is 15.3. The summed E-state index contributed by atoms with van der Waals surface area (Å²) in [5.41, 5.74) is -0.0448. The average molecular weight is 275 g/mol. The van der Waals surface area contributed by atoms with Crippen LogP contribution in [0.2, 0.25) is 0 Å². The van der Waals surface area contributed by atoms with Gasteiger partial charge < -0.3 is 10.2 Å². The molecule has 0 aromatic carbocycles. The van der Waals surface area contributed by atoms with Crippen LogP contribution in [0.25, 0.3) is 0 Å². The maximum Gasteiger partial charge on any atom is 0.257 e. The van der Waals surface area contributed by atoms with Gasteiger partial charge >= 0.3 is 0 Å². The molecule has 0 spiro atoms. The first-order valence-corrected chi connectivity index (χ1v) is 5.88. The Morgan fingerprint density at radius 1 is 1.53 bits per heavy atom. The van der Waals surface area contributed by atoms with Gasteiger partial charge in [0.05, 0.1) is 18.3 Å². The van der Waals surface area contributed by atoms with Crippen LogP contribution in [0.1, 0.15) is 23.7 Å². The van der Waals surface area contributed by atoms with Crippen molar-refractivity contribution in [2.75, 3.05) is 25.5 Å². The molecule has 0 bridgehead atoms. The predicted octanol–water partition coefficient (Wildman–Crippen LogP) is 2.38. The van der Waals surface area contributed by atoms with Crippen LogP contribution in [-0.2, 0) is 0 Å². The van der Waals surface area contributed by atoms with Crippen molar-refractivity contribution in [3.63, 3.8) is 0 Å². The topological polar surface area (TPSA) is 45.2 Å². The van der Waals surface area contributed by atoms with Gasteiger partial charge in [-0.3, -0.25) is 4.79 Å². The van der Waals surface area contributed by atoms with Crippen LogP contribution in [0, 0.1) is 5.82 Å². The molecule has 0 radical (unpaired) electrons. The largest absolute Gasteiger partial charge is 0.369 e. The molecule has 0 aliphatic heterocycles. The Morgan fingerprint density at radius 2 is 2.21 bits per heavy atom. The number of carbonyl (C=O) groups is 1. The predicted molar refractivity (Wildman–Crippen MR) is 65.9 cm³/mol. The molecule has 0 fully saturated rings. The molecule has 19 heavy (non-hydrogen) atoms. The maximum atomic E-state index is 13.1. The van der Waals surface area contributed by atoms with Crippen LogP contribution in [0.4, 0.5) is 19.0 Å². The molecular weight excluding hydrogens is 259 g/mol. The highest BCUT2D eigenvalue weighted by atomic mass is 19.3. The second-order valence-corrected chi connectivity index (χ2v) is 4.05. The third kappa shape index (κ3) is 4.42. The highest BCUT2D eigenvalue weighted by Gasteiger charge is 2.20. The summed E-state index contributed by atoms with van der Waals surface area (Å²) in [6.45, 7) is 1.76. The van der Waals surface area contributed by atoms with Gasteiger partial charge in [-0.05, 0) is 12.5 Å². The summed E-state index contributed by atoms with van der Waals surface area (Å²) in [6.07, 6.45) is -0.871. The lowest BCUT2D eigenvalue weighted by Crippen LogP contribution is -2.32. The Kier molecular flexibility index (Phi) is 5.59. The fourth-order valence-electron chi connectivity index (χ4n) is 1.48. The average Bonchev–Trinajstić information content (AvgIpc) is 2.35. The van der Waals surface area contributed by atoms with Gasteiger partial charge in [0.15, 0.2) is 0 Å². The van der Waals surface area contributed by atoms with Crippen molar-refractivity contribution in [3.8, 4) is 0 Å². The zero-order valence-electron chi connectivity index (χ0n) is 10.8. The first-order valence-electron chi connectivity index (χ1n) is 5.88. The summed E-state index contributed by atoms with van der Waals surface area (Å²) < 4.78 is 37.6. The summed E-state index contributed by atoms with van der Waals surface area (Å²) in [5, 5.41) is 2.87. The standard InChI is InChI=1S/C12H16F3N3O/c1-3-4-16-11-9(5-8(13)6-17-11)12(19)18(2)7-10(14)15/h5-6,10H,3-4,7H2,1-2H3,(H,16,17). The molecular formula is C12H16F3N3O. The number of nitrogens with one attached hydrogen (secondary N) is 1. The van der Waals surface area contributed by atoms with Gasteiger partial charge in [0.1, 0.15) is 11.6 Å². The number of nitrogens with zero attached hydrogens (tertiary/aromatic N) is 2. The van der Waals surface area contributed by atoms with Gasteiger partial charge in [-0.2, -0.15) is 0 Å². The van der Waals surface area contributed by atoms with Crippen LogP contribution in [0.3, 0.4) is 0 Å². The number of hydrogen-bond donors (Lipinski definition) is 1. The highest BCUT2D eigenvalue weighted by Crippen LogP contribution is 2.16. The summed E-state index contributed by atoms with van der Waals surface area (Å²) in [5.74, 6) is -1.17. The van der Waals surface area contributed by atoms with Crippen molar-refractivity contribution in [2.45, 2.75) is 19.8 Å². The molecule has 0 unspecified atom stereocenters.